The van der Waals surface area contributed by atoms with Crippen molar-refractivity contribution in [2.24, 2.45) is 5.41 Å². The molecule has 3 nitrogen and oxygen atoms in total. The van der Waals surface area contributed by atoms with E-state index in [-0.39, 0.29) is 5.78 Å². The SMILES string of the molecule is COc1ccc(C(=O)C2(C#N)CCC2)cc1Cl. The van der Waals surface area contributed by atoms with Gasteiger partial charge in [-0.3, -0.25) is 4.79 Å². The molecule has 0 unspecified atom stereocenters. The second kappa shape index (κ2) is 4.38. The van der Waals surface area contributed by atoms with Crippen LogP contribution in [0.1, 0.15) is 29.6 Å². The van der Waals surface area contributed by atoms with Gasteiger partial charge in [0.15, 0.2) is 5.78 Å². The standard InChI is InChI=1S/C13H12ClNO2/c1-17-11-4-3-9(7-10(11)14)12(16)13(8-15)5-2-6-13/h3-4,7H,2,5-6H2,1H3. The van der Waals surface area contributed by atoms with Gasteiger partial charge in [-0.2, -0.15) is 5.26 Å². The van der Waals surface area contributed by atoms with Gasteiger partial charge in [0.25, 0.3) is 0 Å². The van der Waals surface area contributed by atoms with Crippen LogP contribution in [0.25, 0.3) is 0 Å². The first-order valence-electron chi connectivity index (χ1n) is 5.42. The second-order valence-corrected chi connectivity index (χ2v) is 4.63. The number of halogens is 1. The van der Waals surface area contributed by atoms with Crippen LogP contribution in [0.3, 0.4) is 0 Å². The summed E-state index contributed by atoms with van der Waals surface area (Å²) < 4.78 is 5.02. The van der Waals surface area contributed by atoms with Crippen molar-refractivity contribution in [3.8, 4) is 11.8 Å². The van der Waals surface area contributed by atoms with Crippen LogP contribution in [0.5, 0.6) is 5.75 Å². The molecule has 0 saturated heterocycles. The van der Waals surface area contributed by atoms with Crippen molar-refractivity contribution < 1.29 is 9.53 Å². The molecule has 0 heterocycles. The molecule has 0 amide bonds. The topological polar surface area (TPSA) is 50.1 Å². The van der Waals surface area contributed by atoms with Gasteiger partial charge in [0, 0.05) is 5.56 Å². The van der Waals surface area contributed by atoms with Crippen molar-refractivity contribution in [1.82, 2.24) is 0 Å². The van der Waals surface area contributed by atoms with Crippen molar-refractivity contribution in [3.05, 3.63) is 28.8 Å². The number of methoxy groups -OCH3 is 1. The van der Waals surface area contributed by atoms with E-state index in [4.69, 9.17) is 21.6 Å². The molecule has 2 rings (SSSR count). The molecule has 0 radical (unpaired) electrons. The summed E-state index contributed by atoms with van der Waals surface area (Å²) in [6, 6.07) is 7.02. The normalized spacial score (nSPS) is 16.8. The van der Waals surface area contributed by atoms with E-state index in [0.29, 0.717) is 29.2 Å². The minimum atomic E-state index is -0.822. The number of carbonyl (C=O) groups excluding carboxylic acids is 1. The highest BCUT2D eigenvalue weighted by Crippen LogP contribution is 2.43. The van der Waals surface area contributed by atoms with E-state index >= 15 is 0 Å². The molecule has 4 heteroatoms. The molecule has 0 spiro atoms. The lowest BCUT2D eigenvalue weighted by atomic mass is 9.65. The van der Waals surface area contributed by atoms with Crippen molar-refractivity contribution in [3.63, 3.8) is 0 Å². The molecule has 1 aliphatic rings. The molecule has 1 saturated carbocycles. The Kier molecular flexibility index (Phi) is 3.08. The van der Waals surface area contributed by atoms with E-state index in [1.807, 2.05) is 0 Å². The number of ether oxygens (including phenoxy) is 1. The highest BCUT2D eigenvalue weighted by Gasteiger charge is 2.44. The third-order valence-corrected chi connectivity index (χ3v) is 3.57. The molecule has 1 aliphatic carbocycles. The Morgan fingerprint density at radius 2 is 2.24 bits per heavy atom. The van der Waals surface area contributed by atoms with Gasteiger partial charge in [0.2, 0.25) is 0 Å². The summed E-state index contributed by atoms with van der Waals surface area (Å²) in [4.78, 5) is 12.2. The molecule has 0 bridgehead atoms. The molecule has 0 aromatic heterocycles. The van der Waals surface area contributed by atoms with Gasteiger partial charge in [0.05, 0.1) is 18.2 Å². The lowest BCUT2D eigenvalue weighted by Crippen LogP contribution is -2.36. The molecule has 17 heavy (non-hydrogen) atoms. The Balaban J connectivity index is 2.32. The largest absolute Gasteiger partial charge is 0.495 e. The second-order valence-electron chi connectivity index (χ2n) is 4.23. The average Bonchev–Trinajstić information content (AvgIpc) is 2.28. The fourth-order valence-electron chi connectivity index (χ4n) is 2.00. The van der Waals surface area contributed by atoms with Crippen LogP contribution in [-0.4, -0.2) is 12.9 Å². The Hall–Kier alpha value is -1.53. The van der Waals surface area contributed by atoms with E-state index in [0.717, 1.165) is 6.42 Å². The number of benzene rings is 1. The first-order valence-corrected chi connectivity index (χ1v) is 5.80. The average molecular weight is 250 g/mol. The maximum absolute atomic E-state index is 12.2. The minimum Gasteiger partial charge on any atom is -0.495 e. The van der Waals surface area contributed by atoms with E-state index in [9.17, 15) is 4.79 Å². The summed E-state index contributed by atoms with van der Waals surface area (Å²) in [7, 11) is 1.52. The minimum absolute atomic E-state index is 0.129. The summed E-state index contributed by atoms with van der Waals surface area (Å²) in [5.74, 6) is 0.402. The molecule has 1 fully saturated rings. The highest BCUT2D eigenvalue weighted by atomic mass is 35.5. The van der Waals surface area contributed by atoms with Crippen LogP contribution in [0.15, 0.2) is 18.2 Å². The molecule has 1 aromatic carbocycles. The zero-order valence-corrected chi connectivity index (χ0v) is 10.3. The van der Waals surface area contributed by atoms with Crippen molar-refractivity contribution in [2.45, 2.75) is 19.3 Å². The number of ketones is 1. The van der Waals surface area contributed by atoms with Crippen molar-refractivity contribution >= 4 is 17.4 Å². The zero-order chi connectivity index (χ0) is 12.5. The number of hydrogen-bond donors (Lipinski definition) is 0. The lowest BCUT2D eigenvalue weighted by molar-refractivity contribution is 0.0748. The molecule has 1 aromatic rings. The third-order valence-electron chi connectivity index (χ3n) is 3.27. The Bertz CT molecular complexity index is 501. The van der Waals surface area contributed by atoms with Gasteiger partial charge in [-0.25, -0.2) is 0 Å². The van der Waals surface area contributed by atoms with Gasteiger partial charge < -0.3 is 4.74 Å². The number of hydrogen-bond acceptors (Lipinski definition) is 3. The predicted molar refractivity (Wildman–Crippen MR) is 64.2 cm³/mol. The predicted octanol–water partition coefficient (Wildman–Crippen LogP) is 3.23. The van der Waals surface area contributed by atoms with Gasteiger partial charge >= 0.3 is 0 Å². The quantitative estimate of drug-likeness (QED) is 0.773. The monoisotopic (exact) mass is 249 g/mol. The number of nitrogens with zero attached hydrogens (tertiary/aromatic N) is 1. The summed E-state index contributed by atoms with van der Waals surface area (Å²) in [5.41, 5.74) is -0.338. The molecular formula is C13H12ClNO2. The van der Waals surface area contributed by atoms with Gasteiger partial charge in [-0.05, 0) is 37.5 Å². The third kappa shape index (κ3) is 1.89. The fourth-order valence-corrected chi connectivity index (χ4v) is 2.26. The Labute approximate surface area is 105 Å². The Morgan fingerprint density at radius 1 is 1.53 bits per heavy atom. The van der Waals surface area contributed by atoms with Crippen LogP contribution in [0, 0.1) is 16.7 Å². The lowest BCUT2D eigenvalue weighted by Gasteiger charge is -2.33. The van der Waals surface area contributed by atoms with Gasteiger partial charge in [-0.15, -0.1) is 0 Å². The van der Waals surface area contributed by atoms with Crippen LogP contribution in [0.2, 0.25) is 5.02 Å². The van der Waals surface area contributed by atoms with Crippen molar-refractivity contribution in [1.29, 1.82) is 5.26 Å². The van der Waals surface area contributed by atoms with Gasteiger partial charge in [0.1, 0.15) is 11.2 Å². The summed E-state index contributed by atoms with van der Waals surface area (Å²) in [5, 5.41) is 9.50. The van der Waals surface area contributed by atoms with Crippen molar-refractivity contribution in [2.75, 3.05) is 7.11 Å². The maximum atomic E-state index is 12.2. The van der Waals surface area contributed by atoms with E-state index in [2.05, 4.69) is 6.07 Å². The molecule has 0 N–H and O–H groups in total. The van der Waals surface area contributed by atoms with Crippen LogP contribution >= 0.6 is 11.6 Å². The molecule has 88 valence electrons. The smallest absolute Gasteiger partial charge is 0.183 e. The molecule has 0 aliphatic heterocycles. The summed E-state index contributed by atoms with van der Waals surface area (Å²) in [6.45, 7) is 0. The number of Topliss-reactive ketones (excluding diaryl/α,β-unsaturated/α-hetero) is 1. The van der Waals surface area contributed by atoms with Gasteiger partial charge in [-0.1, -0.05) is 11.6 Å². The number of nitriles is 1. The summed E-state index contributed by atoms with van der Waals surface area (Å²) >= 11 is 5.97. The molecule has 0 atom stereocenters. The maximum Gasteiger partial charge on any atom is 0.183 e. The van der Waals surface area contributed by atoms with Crippen LogP contribution in [0.4, 0.5) is 0 Å². The fraction of sp³-hybridized carbons (Fsp3) is 0.385. The molecular weight excluding hydrogens is 238 g/mol. The van der Waals surface area contributed by atoms with E-state index in [1.54, 1.807) is 18.2 Å². The zero-order valence-electron chi connectivity index (χ0n) is 9.50. The van der Waals surface area contributed by atoms with Crippen LogP contribution < -0.4 is 4.74 Å². The number of rotatable bonds is 3. The van der Waals surface area contributed by atoms with E-state index in [1.165, 1.54) is 7.11 Å². The highest BCUT2D eigenvalue weighted by molar-refractivity contribution is 6.32. The Morgan fingerprint density at radius 3 is 2.65 bits per heavy atom. The summed E-state index contributed by atoms with van der Waals surface area (Å²) in [6.07, 6.45) is 2.22. The number of carbonyl (C=O) groups is 1. The first kappa shape index (κ1) is 11.9. The van der Waals surface area contributed by atoms with E-state index < -0.39 is 5.41 Å². The first-order chi connectivity index (χ1) is 8.13. The van der Waals surface area contributed by atoms with Crippen LogP contribution in [-0.2, 0) is 0 Å².